The monoisotopic (exact) mass is 322 g/mol. The SMILES string of the molecule is CNC(=S)C(CN1CCOCC1)(c1cccc(C)n1)N(C)C. The fraction of sp³-hybridized carbons (Fsp3) is 0.625. The van der Waals surface area contributed by atoms with E-state index in [1.54, 1.807) is 0 Å². The molecule has 0 radical (unpaired) electrons. The summed E-state index contributed by atoms with van der Waals surface area (Å²) in [5.74, 6) is 0. The molecule has 1 aromatic rings. The summed E-state index contributed by atoms with van der Waals surface area (Å²) in [6.07, 6.45) is 0. The molecule has 2 heterocycles. The van der Waals surface area contributed by atoms with Crippen molar-refractivity contribution in [1.82, 2.24) is 20.1 Å². The van der Waals surface area contributed by atoms with Crippen molar-refractivity contribution < 1.29 is 4.74 Å². The standard InChI is InChI=1S/C16H26N4OS/c1-13-6-5-7-14(18-13)16(19(3)4,15(22)17-2)12-20-8-10-21-11-9-20/h5-7H,8-12H2,1-4H3,(H,17,22). The van der Waals surface area contributed by atoms with E-state index >= 15 is 0 Å². The van der Waals surface area contributed by atoms with Gasteiger partial charge in [-0.1, -0.05) is 18.3 Å². The molecule has 0 amide bonds. The number of pyridine rings is 1. The van der Waals surface area contributed by atoms with Crippen LogP contribution >= 0.6 is 12.2 Å². The number of thiocarbonyl (C=S) groups is 1. The van der Waals surface area contributed by atoms with E-state index in [4.69, 9.17) is 21.9 Å². The van der Waals surface area contributed by atoms with Crippen LogP contribution in [-0.4, -0.2) is 73.8 Å². The molecule has 1 saturated heterocycles. The van der Waals surface area contributed by atoms with Crippen molar-refractivity contribution >= 4 is 17.2 Å². The molecule has 0 aromatic carbocycles. The summed E-state index contributed by atoms with van der Waals surface area (Å²) in [6.45, 7) is 6.22. The molecule has 22 heavy (non-hydrogen) atoms. The second kappa shape index (κ2) is 7.46. The van der Waals surface area contributed by atoms with Gasteiger partial charge in [0.25, 0.3) is 0 Å². The third-order valence-electron chi connectivity index (χ3n) is 4.23. The van der Waals surface area contributed by atoms with Crippen molar-refractivity contribution in [1.29, 1.82) is 0 Å². The minimum atomic E-state index is -0.437. The van der Waals surface area contributed by atoms with Crippen LogP contribution in [0.1, 0.15) is 11.4 Å². The average molecular weight is 322 g/mol. The van der Waals surface area contributed by atoms with Gasteiger partial charge in [-0.05, 0) is 33.2 Å². The predicted octanol–water partition coefficient (Wildman–Crippen LogP) is 1.03. The van der Waals surface area contributed by atoms with Crippen LogP contribution in [-0.2, 0) is 10.3 Å². The highest BCUT2D eigenvalue weighted by Crippen LogP contribution is 2.28. The average Bonchev–Trinajstić information content (AvgIpc) is 2.52. The highest BCUT2D eigenvalue weighted by molar-refractivity contribution is 7.80. The lowest BCUT2D eigenvalue weighted by Gasteiger charge is -2.44. The van der Waals surface area contributed by atoms with Gasteiger partial charge in [0, 0.05) is 32.4 Å². The number of likely N-dealkylation sites (N-methyl/N-ethyl adjacent to an activating group) is 2. The Morgan fingerprint density at radius 1 is 1.41 bits per heavy atom. The van der Waals surface area contributed by atoms with E-state index in [1.165, 1.54) is 0 Å². The third kappa shape index (κ3) is 3.46. The van der Waals surface area contributed by atoms with Crippen molar-refractivity contribution in [3.05, 3.63) is 29.6 Å². The van der Waals surface area contributed by atoms with Gasteiger partial charge in [-0.3, -0.25) is 14.8 Å². The first kappa shape index (κ1) is 17.3. The van der Waals surface area contributed by atoms with Crippen LogP contribution in [0.3, 0.4) is 0 Å². The molecule has 6 heteroatoms. The molecule has 0 bridgehead atoms. The Balaban J connectivity index is 2.43. The van der Waals surface area contributed by atoms with Crippen molar-refractivity contribution in [2.45, 2.75) is 12.5 Å². The van der Waals surface area contributed by atoms with Gasteiger partial charge in [0.15, 0.2) is 0 Å². The minimum Gasteiger partial charge on any atom is -0.381 e. The normalized spacial score (nSPS) is 19.0. The van der Waals surface area contributed by atoms with Gasteiger partial charge in [-0.25, -0.2) is 0 Å². The molecule has 2 rings (SSSR count). The van der Waals surface area contributed by atoms with Gasteiger partial charge >= 0.3 is 0 Å². The van der Waals surface area contributed by atoms with Crippen molar-refractivity contribution in [3.63, 3.8) is 0 Å². The van der Waals surface area contributed by atoms with Crippen LogP contribution in [0, 0.1) is 6.92 Å². The van der Waals surface area contributed by atoms with Gasteiger partial charge in [0.2, 0.25) is 0 Å². The van der Waals surface area contributed by atoms with Crippen LogP contribution in [0.4, 0.5) is 0 Å². The third-order valence-corrected chi connectivity index (χ3v) is 4.78. The Bertz CT molecular complexity index is 517. The van der Waals surface area contributed by atoms with Crippen LogP contribution < -0.4 is 5.32 Å². The maximum Gasteiger partial charge on any atom is 0.126 e. The zero-order valence-corrected chi connectivity index (χ0v) is 14.7. The summed E-state index contributed by atoms with van der Waals surface area (Å²) in [4.78, 5) is 10.1. The number of morpholine rings is 1. The number of nitrogens with one attached hydrogen (secondary N) is 1. The molecule has 0 aliphatic carbocycles. The van der Waals surface area contributed by atoms with E-state index in [9.17, 15) is 0 Å². The van der Waals surface area contributed by atoms with Gasteiger partial charge in [0.05, 0.1) is 18.9 Å². The van der Waals surface area contributed by atoms with E-state index in [0.29, 0.717) is 0 Å². The molecule has 1 atom stereocenters. The van der Waals surface area contributed by atoms with Gasteiger partial charge in [-0.15, -0.1) is 0 Å². The number of aryl methyl sites for hydroxylation is 1. The Kier molecular flexibility index (Phi) is 5.86. The molecule has 1 aromatic heterocycles. The minimum absolute atomic E-state index is 0.437. The van der Waals surface area contributed by atoms with Crippen molar-refractivity contribution in [2.24, 2.45) is 0 Å². The number of ether oxygens (including phenoxy) is 1. The second-order valence-electron chi connectivity index (χ2n) is 5.89. The molecule has 1 N–H and O–H groups in total. The molecule has 5 nitrogen and oxygen atoms in total. The lowest BCUT2D eigenvalue weighted by atomic mass is 9.91. The first-order valence-electron chi connectivity index (χ1n) is 7.64. The maximum atomic E-state index is 5.71. The van der Waals surface area contributed by atoms with Crippen LogP contribution in [0.5, 0.6) is 0 Å². The maximum absolute atomic E-state index is 5.71. The molecule has 1 unspecified atom stereocenters. The summed E-state index contributed by atoms with van der Waals surface area (Å²) < 4.78 is 5.47. The van der Waals surface area contributed by atoms with E-state index in [1.807, 2.05) is 26.1 Å². The Morgan fingerprint density at radius 3 is 2.64 bits per heavy atom. The molecule has 122 valence electrons. The number of aromatic nitrogens is 1. The smallest absolute Gasteiger partial charge is 0.126 e. The van der Waals surface area contributed by atoms with Gasteiger partial charge in [0.1, 0.15) is 10.5 Å². The van der Waals surface area contributed by atoms with E-state index in [-0.39, 0.29) is 0 Å². The van der Waals surface area contributed by atoms with E-state index in [2.05, 4.69) is 35.3 Å². The van der Waals surface area contributed by atoms with Gasteiger partial charge < -0.3 is 10.1 Å². The number of hydrogen-bond acceptors (Lipinski definition) is 5. The van der Waals surface area contributed by atoms with Crippen LogP contribution in [0.25, 0.3) is 0 Å². The topological polar surface area (TPSA) is 40.6 Å². The number of hydrogen-bond donors (Lipinski definition) is 1. The molecule has 1 aliphatic heterocycles. The number of nitrogens with zero attached hydrogens (tertiary/aromatic N) is 3. The highest BCUT2D eigenvalue weighted by Gasteiger charge is 2.42. The first-order chi connectivity index (χ1) is 10.5. The van der Waals surface area contributed by atoms with Crippen LogP contribution in [0.15, 0.2) is 18.2 Å². The zero-order chi connectivity index (χ0) is 16.2. The van der Waals surface area contributed by atoms with Crippen LogP contribution in [0.2, 0.25) is 0 Å². The summed E-state index contributed by atoms with van der Waals surface area (Å²) in [7, 11) is 6.01. The Labute approximate surface area is 138 Å². The summed E-state index contributed by atoms with van der Waals surface area (Å²) in [5, 5.41) is 3.19. The molecule has 1 fully saturated rings. The van der Waals surface area contributed by atoms with Gasteiger partial charge in [-0.2, -0.15) is 0 Å². The lowest BCUT2D eigenvalue weighted by molar-refractivity contribution is 0.0180. The highest BCUT2D eigenvalue weighted by atomic mass is 32.1. The Morgan fingerprint density at radius 2 is 2.09 bits per heavy atom. The fourth-order valence-electron chi connectivity index (χ4n) is 2.91. The second-order valence-corrected chi connectivity index (χ2v) is 6.29. The quantitative estimate of drug-likeness (QED) is 0.817. The van der Waals surface area contributed by atoms with E-state index < -0.39 is 5.54 Å². The Hall–Kier alpha value is -1.08. The van der Waals surface area contributed by atoms with Crippen molar-refractivity contribution in [3.8, 4) is 0 Å². The molecule has 0 spiro atoms. The molecule has 1 aliphatic rings. The predicted molar refractivity (Wildman–Crippen MR) is 93.3 cm³/mol. The lowest BCUT2D eigenvalue weighted by Crippen LogP contribution is -2.59. The largest absolute Gasteiger partial charge is 0.381 e. The summed E-state index contributed by atoms with van der Waals surface area (Å²) in [5.41, 5.74) is 1.56. The summed E-state index contributed by atoms with van der Waals surface area (Å²) >= 11 is 5.71. The molecule has 0 saturated carbocycles. The van der Waals surface area contributed by atoms with E-state index in [0.717, 1.165) is 49.2 Å². The molecular formula is C16H26N4OS. The molecular weight excluding hydrogens is 296 g/mol. The summed E-state index contributed by atoms with van der Waals surface area (Å²) in [6, 6.07) is 6.13. The first-order valence-corrected chi connectivity index (χ1v) is 8.05. The zero-order valence-electron chi connectivity index (χ0n) is 13.9. The van der Waals surface area contributed by atoms with Crippen molar-refractivity contribution in [2.75, 3.05) is 54.0 Å². The fourth-order valence-corrected chi connectivity index (χ4v) is 3.26. The number of rotatable bonds is 5.